The Kier molecular flexibility index (Phi) is 4.04. The predicted molar refractivity (Wildman–Crippen MR) is 77.2 cm³/mol. The fourth-order valence-electron chi connectivity index (χ4n) is 2.43. The Bertz CT molecular complexity index is 486. The zero-order valence-corrected chi connectivity index (χ0v) is 12.6. The van der Waals surface area contributed by atoms with E-state index in [1.165, 1.54) is 11.1 Å². The van der Waals surface area contributed by atoms with E-state index in [0.29, 0.717) is 24.8 Å². The van der Waals surface area contributed by atoms with Crippen LogP contribution in [0.4, 0.5) is 10.6 Å². The summed E-state index contributed by atoms with van der Waals surface area (Å²) >= 11 is 5.74. The molecule has 1 fully saturated rings. The summed E-state index contributed by atoms with van der Waals surface area (Å²) in [6, 6.07) is -0.0915. The van der Waals surface area contributed by atoms with Gasteiger partial charge in [-0.15, -0.1) is 0 Å². The van der Waals surface area contributed by atoms with E-state index in [9.17, 15) is 9.90 Å². The van der Waals surface area contributed by atoms with Crippen molar-refractivity contribution in [2.75, 3.05) is 24.5 Å². The largest absolute Gasteiger partial charge is 0.465 e. The molecule has 1 amide bonds. The van der Waals surface area contributed by atoms with Gasteiger partial charge in [-0.1, -0.05) is 32.4 Å². The van der Waals surface area contributed by atoms with Crippen LogP contribution < -0.4 is 4.90 Å². The smallest absolute Gasteiger partial charge is 0.407 e. The second-order valence-electron chi connectivity index (χ2n) is 6.00. The number of carboxylic acid groups (broad SMARTS) is 1. The molecular formula is C13H19ClN4O2. The number of amides is 1. The van der Waals surface area contributed by atoms with Crippen LogP contribution >= 0.6 is 11.6 Å². The second-order valence-corrected chi connectivity index (χ2v) is 6.39. The maximum Gasteiger partial charge on any atom is 0.407 e. The van der Waals surface area contributed by atoms with Crippen LogP contribution in [-0.4, -0.2) is 51.7 Å². The summed E-state index contributed by atoms with van der Waals surface area (Å²) in [6.07, 6.45) is 2.26. The lowest BCUT2D eigenvalue weighted by atomic mass is 9.84. The molecule has 1 aromatic heterocycles. The van der Waals surface area contributed by atoms with E-state index < -0.39 is 6.09 Å². The predicted octanol–water partition coefficient (Wildman–Crippen LogP) is 2.34. The fraction of sp³-hybridized carbons (Fsp3) is 0.615. The number of nitrogens with zero attached hydrogens (tertiary/aromatic N) is 4. The van der Waals surface area contributed by atoms with E-state index >= 15 is 0 Å². The standard InChI is InChI=1S/C13H19ClN4O2/c1-13(2,3)9-8-17(4-5-18(9)12(19)20)11-7-15-10(14)6-16-11/h6-7,9H,4-5,8H2,1-3H3,(H,19,20). The minimum atomic E-state index is -0.869. The van der Waals surface area contributed by atoms with Crippen LogP contribution in [0.25, 0.3) is 0 Å². The third-order valence-corrected chi connectivity index (χ3v) is 3.75. The van der Waals surface area contributed by atoms with Gasteiger partial charge in [-0.3, -0.25) is 0 Å². The summed E-state index contributed by atoms with van der Waals surface area (Å²) in [6.45, 7) is 7.81. The molecule has 0 radical (unpaired) electrons. The minimum absolute atomic E-state index is 0.0915. The lowest BCUT2D eigenvalue weighted by Gasteiger charge is -2.46. The number of aromatic nitrogens is 2. The van der Waals surface area contributed by atoms with Gasteiger partial charge in [0.05, 0.1) is 18.4 Å². The van der Waals surface area contributed by atoms with E-state index in [1.807, 2.05) is 20.8 Å². The molecular weight excluding hydrogens is 280 g/mol. The molecule has 2 rings (SSSR count). The summed E-state index contributed by atoms with van der Waals surface area (Å²) < 4.78 is 0. The van der Waals surface area contributed by atoms with Crippen molar-refractivity contribution >= 4 is 23.5 Å². The number of hydrogen-bond donors (Lipinski definition) is 1. The Labute approximate surface area is 123 Å². The van der Waals surface area contributed by atoms with Gasteiger partial charge in [-0.25, -0.2) is 14.8 Å². The van der Waals surface area contributed by atoms with Gasteiger partial charge in [0, 0.05) is 19.6 Å². The summed E-state index contributed by atoms with van der Waals surface area (Å²) in [4.78, 5) is 23.2. The van der Waals surface area contributed by atoms with Gasteiger partial charge in [-0.05, 0) is 5.41 Å². The normalized spacial score (nSPS) is 20.1. The number of carbonyl (C=O) groups is 1. The third kappa shape index (κ3) is 3.12. The molecule has 6 nitrogen and oxygen atoms in total. The highest BCUT2D eigenvalue weighted by molar-refractivity contribution is 6.29. The maximum atomic E-state index is 11.4. The van der Waals surface area contributed by atoms with Gasteiger partial charge in [0.25, 0.3) is 0 Å². The lowest BCUT2D eigenvalue weighted by molar-refractivity contribution is 0.0747. The van der Waals surface area contributed by atoms with E-state index in [-0.39, 0.29) is 11.5 Å². The first-order valence-electron chi connectivity index (χ1n) is 6.51. The van der Waals surface area contributed by atoms with Gasteiger partial charge in [0.1, 0.15) is 11.0 Å². The highest BCUT2D eigenvalue weighted by Gasteiger charge is 2.38. The van der Waals surface area contributed by atoms with Gasteiger partial charge >= 0.3 is 6.09 Å². The molecule has 1 N–H and O–H groups in total. The lowest BCUT2D eigenvalue weighted by Crippen LogP contribution is -2.59. The summed E-state index contributed by atoms with van der Waals surface area (Å²) in [5.74, 6) is 0.730. The van der Waals surface area contributed by atoms with Crippen molar-refractivity contribution in [2.45, 2.75) is 26.8 Å². The first-order chi connectivity index (χ1) is 9.29. The molecule has 0 aromatic carbocycles. The van der Waals surface area contributed by atoms with Gasteiger partial charge in [0.15, 0.2) is 0 Å². The Hall–Kier alpha value is -1.56. The molecule has 1 saturated heterocycles. The van der Waals surface area contributed by atoms with Crippen LogP contribution in [0.2, 0.25) is 5.15 Å². The molecule has 2 heterocycles. The first-order valence-corrected chi connectivity index (χ1v) is 6.89. The van der Waals surface area contributed by atoms with Crippen molar-refractivity contribution in [3.05, 3.63) is 17.5 Å². The van der Waals surface area contributed by atoms with Crippen LogP contribution in [0.1, 0.15) is 20.8 Å². The van der Waals surface area contributed by atoms with Crippen molar-refractivity contribution in [1.82, 2.24) is 14.9 Å². The molecule has 1 aromatic rings. The Balaban J connectivity index is 2.20. The Morgan fingerprint density at radius 1 is 1.35 bits per heavy atom. The molecule has 1 aliphatic heterocycles. The number of anilines is 1. The van der Waals surface area contributed by atoms with Crippen LogP contribution in [0.15, 0.2) is 12.4 Å². The second kappa shape index (κ2) is 5.44. The third-order valence-electron chi connectivity index (χ3n) is 3.56. The molecule has 20 heavy (non-hydrogen) atoms. The van der Waals surface area contributed by atoms with Crippen molar-refractivity contribution in [3.8, 4) is 0 Å². The van der Waals surface area contributed by atoms with Crippen LogP contribution in [0.5, 0.6) is 0 Å². The first kappa shape index (κ1) is 14.8. The molecule has 1 aliphatic rings. The molecule has 0 spiro atoms. The van der Waals surface area contributed by atoms with Gasteiger partial charge < -0.3 is 14.9 Å². The SMILES string of the molecule is CC(C)(C)C1CN(c2cnc(Cl)cn2)CCN1C(=O)O. The van der Waals surface area contributed by atoms with E-state index in [4.69, 9.17) is 11.6 Å². The molecule has 0 bridgehead atoms. The zero-order chi connectivity index (χ0) is 14.9. The maximum absolute atomic E-state index is 11.4. The fourth-order valence-corrected chi connectivity index (χ4v) is 2.53. The number of piperazine rings is 1. The minimum Gasteiger partial charge on any atom is -0.465 e. The molecule has 7 heteroatoms. The Morgan fingerprint density at radius 2 is 2.05 bits per heavy atom. The molecule has 1 unspecified atom stereocenters. The van der Waals surface area contributed by atoms with E-state index in [2.05, 4.69) is 14.9 Å². The summed E-state index contributed by atoms with van der Waals surface area (Å²) in [5, 5.41) is 9.68. The molecule has 1 atom stereocenters. The summed E-state index contributed by atoms with van der Waals surface area (Å²) in [5.41, 5.74) is -0.142. The van der Waals surface area contributed by atoms with Crippen LogP contribution in [0, 0.1) is 5.41 Å². The van der Waals surface area contributed by atoms with Gasteiger partial charge in [-0.2, -0.15) is 0 Å². The van der Waals surface area contributed by atoms with Crippen molar-refractivity contribution < 1.29 is 9.90 Å². The highest BCUT2D eigenvalue weighted by atomic mass is 35.5. The van der Waals surface area contributed by atoms with Crippen molar-refractivity contribution in [2.24, 2.45) is 5.41 Å². The average molecular weight is 299 g/mol. The average Bonchev–Trinajstić information content (AvgIpc) is 2.38. The topological polar surface area (TPSA) is 69.6 Å². The van der Waals surface area contributed by atoms with Crippen molar-refractivity contribution in [1.29, 1.82) is 0 Å². The van der Waals surface area contributed by atoms with Gasteiger partial charge in [0.2, 0.25) is 0 Å². The molecule has 0 aliphatic carbocycles. The van der Waals surface area contributed by atoms with Crippen LogP contribution in [0.3, 0.4) is 0 Å². The molecule has 0 saturated carbocycles. The van der Waals surface area contributed by atoms with Crippen molar-refractivity contribution in [3.63, 3.8) is 0 Å². The van der Waals surface area contributed by atoms with E-state index in [1.54, 1.807) is 6.20 Å². The number of halogens is 1. The Morgan fingerprint density at radius 3 is 2.55 bits per heavy atom. The van der Waals surface area contributed by atoms with E-state index in [0.717, 1.165) is 5.82 Å². The number of hydrogen-bond acceptors (Lipinski definition) is 4. The zero-order valence-electron chi connectivity index (χ0n) is 11.9. The summed E-state index contributed by atoms with van der Waals surface area (Å²) in [7, 11) is 0. The van der Waals surface area contributed by atoms with Crippen LogP contribution in [-0.2, 0) is 0 Å². The molecule has 110 valence electrons. The quantitative estimate of drug-likeness (QED) is 0.862. The number of rotatable bonds is 1. The monoisotopic (exact) mass is 298 g/mol. The highest BCUT2D eigenvalue weighted by Crippen LogP contribution is 2.29.